The van der Waals surface area contributed by atoms with Gasteiger partial charge in [-0.25, -0.2) is 17.8 Å². The number of sulfonamides is 1. The molecule has 0 N–H and O–H groups in total. The SMILES string of the molecule is COc1ccc(S(=O)(=O)N(Cc2nccn2Cc2cccc(F)c2)C2CCCCC2)cc1. The normalized spacial score (nSPS) is 15.2. The summed E-state index contributed by atoms with van der Waals surface area (Å²) < 4.78 is 49.6. The summed E-state index contributed by atoms with van der Waals surface area (Å²) in [4.78, 5) is 4.69. The third-order valence-corrected chi connectivity index (χ3v) is 7.90. The van der Waals surface area contributed by atoms with Gasteiger partial charge in [-0.05, 0) is 54.8 Å². The summed E-state index contributed by atoms with van der Waals surface area (Å²) >= 11 is 0. The molecule has 2 aromatic carbocycles. The number of aromatic nitrogens is 2. The molecule has 1 fully saturated rings. The van der Waals surface area contributed by atoms with E-state index in [0.717, 1.165) is 37.7 Å². The Hall–Kier alpha value is -2.71. The van der Waals surface area contributed by atoms with Crippen molar-refractivity contribution in [2.45, 2.75) is 56.1 Å². The highest BCUT2D eigenvalue weighted by Crippen LogP contribution is 2.30. The summed E-state index contributed by atoms with van der Waals surface area (Å²) in [5, 5.41) is 0. The highest BCUT2D eigenvalue weighted by molar-refractivity contribution is 7.89. The van der Waals surface area contributed by atoms with Crippen molar-refractivity contribution in [2.24, 2.45) is 0 Å². The average Bonchev–Trinajstić information content (AvgIpc) is 3.24. The van der Waals surface area contributed by atoms with Crippen molar-refractivity contribution in [3.05, 3.63) is 78.1 Å². The van der Waals surface area contributed by atoms with E-state index >= 15 is 0 Å². The van der Waals surface area contributed by atoms with Crippen molar-refractivity contribution in [2.75, 3.05) is 7.11 Å². The van der Waals surface area contributed by atoms with E-state index in [-0.39, 0.29) is 23.3 Å². The molecule has 170 valence electrons. The minimum absolute atomic E-state index is 0.0739. The fourth-order valence-corrected chi connectivity index (χ4v) is 5.91. The van der Waals surface area contributed by atoms with Gasteiger partial charge in [0.15, 0.2) is 0 Å². The number of benzene rings is 2. The van der Waals surface area contributed by atoms with Crippen molar-refractivity contribution in [3.8, 4) is 5.75 Å². The van der Waals surface area contributed by atoms with E-state index in [9.17, 15) is 12.8 Å². The lowest BCUT2D eigenvalue weighted by Gasteiger charge is -2.33. The van der Waals surface area contributed by atoms with Gasteiger partial charge in [-0.2, -0.15) is 4.31 Å². The predicted octanol–water partition coefficient (Wildman–Crippen LogP) is 4.60. The number of nitrogens with zero attached hydrogens (tertiary/aromatic N) is 3. The summed E-state index contributed by atoms with van der Waals surface area (Å²) in [5.74, 6) is 0.950. The molecule has 0 unspecified atom stereocenters. The van der Waals surface area contributed by atoms with E-state index in [0.29, 0.717) is 18.1 Å². The topological polar surface area (TPSA) is 64.4 Å². The Morgan fingerprint density at radius 1 is 1.12 bits per heavy atom. The molecule has 1 aliphatic rings. The summed E-state index contributed by atoms with van der Waals surface area (Å²) in [7, 11) is -2.18. The van der Waals surface area contributed by atoms with E-state index in [1.807, 2.05) is 10.6 Å². The first-order valence-electron chi connectivity index (χ1n) is 10.9. The standard InChI is InChI=1S/C24H28FN3O3S/c1-31-22-10-12-23(13-11-22)32(29,30)28(21-8-3-2-4-9-21)18-24-26-14-15-27(24)17-19-6-5-7-20(25)16-19/h5-7,10-16,21H,2-4,8-9,17-18H2,1H3. The highest BCUT2D eigenvalue weighted by Gasteiger charge is 2.33. The minimum Gasteiger partial charge on any atom is -0.497 e. The Bertz CT molecular complexity index is 1140. The number of methoxy groups -OCH3 is 1. The summed E-state index contributed by atoms with van der Waals surface area (Å²) in [6.45, 7) is 0.593. The van der Waals surface area contributed by atoms with Crippen molar-refractivity contribution < 1.29 is 17.5 Å². The Balaban J connectivity index is 1.64. The minimum atomic E-state index is -3.73. The van der Waals surface area contributed by atoms with E-state index in [4.69, 9.17) is 4.74 Å². The van der Waals surface area contributed by atoms with Crippen LogP contribution in [-0.4, -0.2) is 35.4 Å². The maximum atomic E-state index is 13.7. The lowest BCUT2D eigenvalue weighted by Crippen LogP contribution is -2.41. The first-order valence-corrected chi connectivity index (χ1v) is 12.3. The van der Waals surface area contributed by atoms with Crippen LogP contribution in [0.15, 0.2) is 65.8 Å². The zero-order chi connectivity index (χ0) is 22.6. The lowest BCUT2D eigenvalue weighted by molar-refractivity contribution is 0.242. The van der Waals surface area contributed by atoms with Crippen LogP contribution in [0.5, 0.6) is 5.75 Å². The monoisotopic (exact) mass is 457 g/mol. The fraction of sp³-hybridized carbons (Fsp3) is 0.375. The second-order valence-electron chi connectivity index (χ2n) is 8.12. The van der Waals surface area contributed by atoms with Gasteiger partial charge in [-0.15, -0.1) is 0 Å². The van der Waals surface area contributed by atoms with Crippen LogP contribution in [-0.2, 0) is 23.1 Å². The molecular weight excluding hydrogens is 429 g/mol. The van der Waals surface area contributed by atoms with Gasteiger partial charge >= 0.3 is 0 Å². The second kappa shape index (κ2) is 9.83. The van der Waals surface area contributed by atoms with Crippen molar-refractivity contribution in [1.82, 2.24) is 13.9 Å². The molecule has 1 heterocycles. The summed E-state index contributed by atoms with van der Waals surface area (Å²) in [5.41, 5.74) is 0.798. The van der Waals surface area contributed by atoms with Crippen LogP contribution in [0.1, 0.15) is 43.5 Å². The molecule has 1 saturated carbocycles. The van der Waals surface area contributed by atoms with Gasteiger partial charge in [-0.3, -0.25) is 0 Å². The summed E-state index contributed by atoms with van der Waals surface area (Å²) in [6.07, 6.45) is 8.28. The molecule has 1 aromatic heterocycles. The Labute approximate surface area is 188 Å². The molecule has 0 amide bonds. The highest BCUT2D eigenvalue weighted by atomic mass is 32.2. The van der Waals surface area contributed by atoms with Crippen LogP contribution in [0.2, 0.25) is 0 Å². The molecule has 4 rings (SSSR count). The second-order valence-corrected chi connectivity index (χ2v) is 10.0. The van der Waals surface area contributed by atoms with Gasteiger partial charge < -0.3 is 9.30 Å². The predicted molar refractivity (Wildman–Crippen MR) is 120 cm³/mol. The van der Waals surface area contributed by atoms with Gasteiger partial charge in [0.25, 0.3) is 0 Å². The number of ether oxygens (including phenoxy) is 1. The largest absolute Gasteiger partial charge is 0.497 e. The van der Waals surface area contributed by atoms with Gasteiger partial charge in [0.2, 0.25) is 10.0 Å². The molecule has 0 aliphatic heterocycles. The zero-order valence-corrected chi connectivity index (χ0v) is 19.0. The van der Waals surface area contributed by atoms with E-state index in [2.05, 4.69) is 4.98 Å². The third-order valence-electron chi connectivity index (χ3n) is 5.99. The number of rotatable bonds is 8. The number of imidazole rings is 1. The maximum Gasteiger partial charge on any atom is 0.243 e. The number of hydrogen-bond donors (Lipinski definition) is 0. The molecule has 8 heteroatoms. The molecule has 6 nitrogen and oxygen atoms in total. The Kier molecular flexibility index (Phi) is 6.91. The van der Waals surface area contributed by atoms with Gasteiger partial charge in [0.1, 0.15) is 17.4 Å². The molecule has 0 spiro atoms. The van der Waals surface area contributed by atoms with Gasteiger partial charge in [0, 0.05) is 25.0 Å². The number of hydrogen-bond acceptors (Lipinski definition) is 4. The van der Waals surface area contributed by atoms with Crippen LogP contribution in [0.4, 0.5) is 4.39 Å². The third kappa shape index (κ3) is 5.02. The van der Waals surface area contributed by atoms with Crippen molar-refractivity contribution >= 4 is 10.0 Å². The van der Waals surface area contributed by atoms with Crippen LogP contribution >= 0.6 is 0 Å². The quantitative estimate of drug-likeness (QED) is 0.496. The fourth-order valence-electron chi connectivity index (χ4n) is 4.27. The summed E-state index contributed by atoms with van der Waals surface area (Å²) in [6, 6.07) is 12.8. The van der Waals surface area contributed by atoms with Crippen LogP contribution < -0.4 is 4.74 Å². The molecule has 32 heavy (non-hydrogen) atoms. The smallest absolute Gasteiger partial charge is 0.243 e. The zero-order valence-electron chi connectivity index (χ0n) is 18.2. The molecule has 0 radical (unpaired) electrons. The molecule has 1 aliphatic carbocycles. The van der Waals surface area contributed by atoms with Crippen molar-refractivity contribution in [3.63, 3.8) is 0 Å². The van der Waals surface area contributed by atoms with Crippen LogP contribution in [0.3, 0.4) is 0 Å². The molecule has 3 aromatic rings. The Morgan fingerprint density at radius 3 is 2.56 bits per heavy atom. The molecule has 0 saturated heterocycles. The van der Waals surface area contributed by atoms with Crippen LogP contribution in [0.25, 0.3) is 0 Å². The van der Waals surface area contributed by atoms with E-state index < -0.39 is 10.0 Å². The average molecular weight is 458 g/mol. The van der Waals surface area contributed by atoms with E-state index in [1.165, 1.54) is 12.1 Å². The molecule has 0 atom stereocenters. The maximum absolute atomic E-state index is 13.7. The first-order chi connectivity index (χ1) is 15.5. The molecule has 0 bridgehead atoms. The first kappa shape index (κ1) is 22.5. The van der Waals surface area contributed by atoms with Gasteiger partial charge in [0.05, 0.1) is 18.6 Å². The lowest BCUT2D eigenvalue weighted by atomic mass is 9.95. The van der Waals surface area contributed by atoms with E-state index in [1.54, 1.807) is 54.1 Å². The number of halogens is 1. The van der Waals surface area contributed by atoms with Crippen LogP contribution in [0, 0.1) is 5.82 Å². The molecular formula is C24H28FN3O3S. The van der Waals surface area contributed by atoms with Crippen molar-refractivity contribution in [1.29, 1.82) is 0 Å². The van der Waals surface area contributed by atoms with Gasteiger partial charge in [-0.1, -0.05) is 31.4 Å². The Morgan fingerprint density at radius 2 is 1.88 bits per heavy atom.